The molecule has 0 amide bonds. The predicted molar refractivity (Wildman–Crippen MR) is 64.3 cm³/mol. The van der Waals surface area contributed by atoms with Gasteiger partial charge < -0.3 is 10.5 Å². The molecule has 5 heteroatoms. The van der Waals surface area contributed by atoms with E-state index in [9.17, 15) is 8.78 Å². The van der Waals surface area contributed by atoms with Crippen molar-refractivity contribution in [2.24, 2.45) is 5.73 Å². The second kappa shape index (κ2) is 5.16. The zero-order valence-electron chi connectivity index (χ0n) is 11.2. The molecular formula is C12H24F2N2O. The van der Waals surface area contributed by atoms with Crippen molar-refractivity contribution in [3.63, 3.8) is 0 Å². The SMILES string of the molecule is CC1(C)CC(N(CCN)CC(F)F)C(C)(C)O1. The molecule has 1 aliphatic rings. The Morgan fingerprint density at radius 2 is 1.94 bits per heavy atom. The lowest BCUT2D eigenvalue weighted by atomic mass is 9.93. The van der Waals surface area contributed by atoms with Crippen molar-refractivity contribution in [2.45, 2.75) is 57.8 Å². The van der Waals surface area contributed by atoms with Crippen molar-refractivity contribution in [1.82, 2.24) is 4.90 Å². The quantitative estimate of drug-likeness (QED) is 0.809. The number of alkyl halides is 2. The molecule has 1 unspecified atom stereocenters. The Morgan fingerprint density at radius 3 is 2.29 bits per heavy atom. The second-order valence-corrected chi connectivity index (χ2v) is 5.86. The summed E-state index contributed by atoms with van der Waals surface area (Å²) in [5.74, 6) is 0. The molecule has 1 fully saturated rings. The van der Waals surface area contributed by atoms with E-state index < -0.39 is 12.0 Å². The smallest absolute Gasteiger partial charge is 0.251 e. The molecule has 0 saturated carbocycles. The molecule has 1 heterocycles. The summed E-state index contributed by atoms with van der Waals surface area (Å²) in [5, 5.41) is 0. The second-order valence-electron chi connectivity index (χ2n) is 5.86. The van der Waals surface area contributed by atoms with Crippen LogP contribution in [-0.4, -0.2) is 48.2 Å². The fraction of sp³-hybridized carbons (Fsp3) is 1.00. The van der Waals surface area contributed by atoms with Crippen LogP contribution in [0.5, 0.6) is 0 Å². The third-order valence-electron chi connectivity index (χ3n) is 3.26. The standard InChI is InChI=1S/C12H24F2N2O/c1-11(2)7-9(12(3,4)17-11)16(6-5-15)8-10(13)14/h9-10H,5-8,15H2,1-4H3. The molecule has 1 atom stereocenters. The van der Waals surface area contributed by atoms with E-state index in [1.54, 1.807) is 4.90 Å². The maximum Gasteiger partial charge on any atom is 0.251 e. The van der Waals surface area contributed by atoms with Gasteiger partial charge in [0.25, 0.3) is 6.43 Å². The van der Waals surface area contributed by atoms with Gasteiger partial charge in [-0.15, -0.1) is 0 Å². The Morgan fingerprint density at radius 1 is 1.35 bits per heavy atom. The molecule has 102 valence electrons. The maximum atomic E-state index is 12.6. The van der Waals surface area contributed by atoms with Crippen LogP contribution in [0.25, 0.3) is 0 Å². The molecule has 0 radical (unpaired) electrons. The molecule has 0 aromatic rings. The van der Waals surface area contributed by atoms with Crippen LogP contribution in [0.3, 0.4) is 0 Å². The molecule has 0 aromatic carbocycles. The van der Waals surface area contributed by atoms with E-state index in [1.165, 1.54) is 0 Å². The van der Waals surface area contributed by atoms with Gasteiger partial charge in [0.05, 0.1) is 17.7 Å². The van der Waals surface area contributed by atoms with E-state index in [0.717, 1.165) is 6.42 Å². The van der Waals surface area contributed by atoms with Gasteiger partial charge in [0, 0.05) is 19.1 Å². The lowest BCUT2D eigenvalue weighted by molar-refractivity contribution is -0.0834. The zero-order chi connectivity index (χ0) is 13.3. The number of hydrogen-bond acceptors (Lipinski definition) is 3. The van der Waals surface area contributed by atoms with Crippen LogP contribution in [0, 0.1) is 0 Å². The molecule has 3 nitrogen and oxygen atoms in total. The van der Waals surface area contributed by atoms with Gasteiger partial charge in [-0.25, -0.2) is 8.78 Å². The Balaban J connectivity index is 2.79. The summed E-state index contributed by atoms with van der Waals surface area (Å²) in [4.78, 5) is 1.76. The molecule has 0 spiro atoms. The first-order chi connectivity index (χ1) is 7.68. The lowest BCUT2D eigenvalue weighted by Crippen LogP contribution is -2.49. The minimum atomic E-state index is -2.33. The van der Waals surface area contributed by atoms with Gasteiger partial charge >= 0.3 is 0 Å². The van der Waals surface area contributed by atoms with Gasteiger partial charge in [-0.1, -0.05) is 0 Å². The molecule has 0 aromatic heterocycles. The average Bonchev–Trinajstić information content (AvgIpc) is 2.32. The van der Waals surface area contributed by atoms with E-state index in [4.69, 9.17) is 10.5 Å². The number of halogens is 2. The van der Waals surface area contributed by atoms with Gasteiger partial charge in [-0.2, -0.15) is 0 Å². The van der Waals surface area contributed by atoms with Gasteiger partial charge in [0.15, 0.2) is 0 Å². The van der Waals surface area contributed by atoms with Crippen LogP contribution >= 0.6 is 0 Å². The third kappa shape index (κ3) is 3.86. The number of nitrogens with zero attached hydrogens (tertiary/aromatic N) is 1. The highest BCUT2D eigenvalue weighted by atomic mass is 19.3. The van der Waals surface area contributed by atoms with E-state index in [0.29, 0.717) is 13.1 Å². The molecule has 0 aliphatic carbocycles. The normalized spacial score (nSPS) is 27.0. The Bertz CT molecular complexity index is 257. The molecule has 17 heavy (non-hydrogen) atoms. The van der Waals surface area contributed by atoms with Gasteiger partial charge in [-0.3, -0.25) is 4.90 Å². The van der Waals surface area contributed by atoms with Crippen molar-refractivity contribution in [3.05, 3.63) is 0 Å². The first-order valence-corrected chi connectivity index (χ1v) is 6.10. The van der Waals surface area contributed by atoms with Crippen LogP contribution in [0.2, 0.25) is 0 Å². The van der Waals surface area contributed by atoms with Crippen molar-refractivity contribution in [2.75, 3.05) is 19.6 Å². The summed E-state index contributed by atoms with van der Waals surface area (Å²) < 4.78 is 31.1. The summed E-state index contributed by atoms with van der Waals surface area (Å²) in [6.45, 7) is 8.56. The Labute approximate surface area is 102 Å². The van der Waals surface area contributed by atoms with Crippen LogP contribution in [-0.2, 0) is 4.74 Å². The average molecular weight is 250 g/mol. The lowest BCUT2D eigenvalue weighted by Gasteiger charge is -2.35. The van der Waals surface area contributed by atoms with Gasteiger partial charge in [0.1, 0.15) is 0 Å². The summed E-state index contributed by atoms with van der Waals surface area (Å²) in [6.07, 6.45) is -1.58. The number of nitrogens with two attached hydrogens (primary N) is 1. The fourth-order valence-corrected chi connectivity index (χ4v) is 2.82. The predicted octanol–water partition coefficient (Wildman–Crippen LogP) is 1.86. The molecule has 1 saturated heterocycles. The van der Waals surface area contributed by atoms with Crippen molar-refractivity contribution >= 4 is 0 Å². The van der Waals surface area contributed by atoms with Gasteiger partial charge in [0.2, 0.25) is 0 Å². The van der Waals surface area contributed by atoms with Crippen LogP contribution in [0.1, 0.15) is 34.1 Å². The topological polar surface area (TPSA) is 38.5 Å². The summed E-state index contributed by atoms with van der Waals surface area (Å²) >= 11 is 0. The largest absolute Gasteiger partial charge is 0.368 e. The summed E-state index contributed by atoms with van der Waals surface area (Å²) in [5.41, 5.74) is 4.83. The first-order valence-electron chi connectivity index (χ1n) is 6.10. The molecule has 1 aliphatic heterocycles. The molecular weight excluding hydrogens is 226 g/mol. The Kier molecular flexibility index (Phi) is 4.49. The third-order valence-corrected chi connectivity index (χ3v) is 3.26. The van der Waals surface area contributed by atoms with Crippen LogP contribution < -0.4 is 5.73 Å². The minimum Gasteiger partial charge on any atom is -0.368 e. The highest BCUT2D eigenvalue weighted by molar-refractivity contribution is 5.00. The van der Waals surface area contributed by atoms with E-state index in [-0.39, 0.29) is 18.2 Å². The number of hydrogen-bond donors (Lipinski definition) is 1. The molecule has 2 N–H and O–H groups in total. The molecule has 1 rings (SSSR count). The highest BCUT2D eigenvalue weighted by Gasteiger charge is 2.48. The number of ether oxygens (including phenoxy) is 1. The van der Waals surface area contributed by atoms with E-state index in [1.807, 2.05) is 27.7 Å². The van der Waals surface area contributed by atoms with Gasteiger partial charge in [-0.05, 0) is 34.1 Å². The minimum absolute atomic E-state index is 0.00458. The van der Waals surface area contributed by atoms with Crippen molar-refractivity contribution < 1.29 is 13.5 Å². The van der Waals surface area contributed by atoms with Crippen LogP contribution in [0.4, 0.5) is 8.78 Å². The van der Waals surface area contributed by atoms with Crippen LogP contribution in [0.15, 0.2) is 0 Å². The number of rotatable bonds is 5. The van der Waals surface area contributed by atoms with E-state index in [2.05, 4.69) is 0 Å². The highest BCUT2D eigenvalue weighted by Crippen LogP contribution is 2.40. The van der Waals surface area contributed by atoms with Crippen molar-refractivity contribution in [3.8, 4) is 0 Å². The zero-order valence-corrected chi connectivity index (χ0v) is 11.2. The maximum absolute atomic E-state index is 12.6. The first kappa shape index (κ1) is 14.8. The molecule has 0 bridgehead atoms. The fourth-order valence-electron chi connectivity index (χ4n) is 2.82. The Hall–Kier alpha value is -0.260. The summed E-state index contributed by atoms with van der Waals surface area (Å²) in [6, 6.07) is -0.00458. The van der Waals surface area contributed by atoms with Crippen molar-refractivity contribution in [1.29, 1.82) is 0 Å². The monoisotopic (exact) mass is 250 g/mol. The summed E-state index contributed by atoms with van der Waals surface area (Å²) in [7, 11) is 0. The van der Waals surface area contributed by atoms with E-state index >= 15 is 0 Å².